The Labute approximate surface area is 195 Å². The molecule has 0 spiro atoms. The largest absolute Gasteiger partial charge is 0.454 e. The first-order valence-electron chi connectivity index (χ1n) is 10.4. The molecule has 7 nitrogen and oxygen atoms in total. The van der Waals surface area contributed by atoms with E-state index in [1.54, 1.807) is 12.1 Å². The molecule has 166 valence electrons. The van der Waals surface area contributed by atoms with Crippen LogP contribution in [-0.4, -0.2) is 25.5 Å². The number of nitrogens with zero attached hydrogens (tertiary/aromatic N) is 4. The number of carbonyl (C=O) groups excluding carboxylic acids is 1. The lowest BCUT2D eigenvalue weighted by Crippen LogP contribution is -2.13. The van der Waals surface area contributed by atoms with Crippen LogP contribution < -0.4 is 5.32 Å². The summed E-state index contributed by atoms with van der Waals surface area (Å²) in [5.74, 6) is 0.621. The standard InChI is InChI=1S/C24H26BrN5O2/c1-14-8-6-7-9-19(14)12-29-18(5)23(16(3)28-29)26-24(31)21-11-10-20(32-21)13-30-17(4)22(25)15(2)27-30/h6-11H,12-13H2,1-5H3,(H,26,31). The van der Waals surface area contributed by atoms with E-state index in [9.17, 15) is 4.79 Å². The fourth-order valence-electron chi connectivity index (χ4n) is 3.72. The Morgan fingerprint density at radius 2 is 1.62 bits per heavy atom. The minimum atomic E-state index is -0.299. The number of rotatable bonds is 6. The molecule has 0 aliphatic carbocycles. The van der Waals surface area contributed by atoms with Gasteiger partial charge in [-0.05, 0) is 73.8 Å². The zero-order valence-electron chi connectivity index (χ0n) is 18.9. The maximum absolute atomic E-state index is 12.9. The summed E-state index contributed by atoms with van der Waals surface area (Å²) in [7, 11) is 0. The zero-order valence-corrected chi connectivity index (χ0v) is 20.4. The third kappa shape index (κ3) is 4.27. The molecule has 0 saturated carbocycles. The van der Waals surface area contributed by atoms with Crippen LogP contribution in [0.5, 0.6) is 0 Å². The first-order valence-corrected chi connectivity index (χ1v) is 11.2. The van der Waals surface area contributed by atoms with Crippen LogP contribution in [-0.2, 0) is 13.1 Å². The van der Waals surface area contributed by atoms with Crippen molar-refractivity contribution in [2.75, 3.05) is 5.32 Å². The Morgan fingerprint density at radius 1 is 0.938 bits per heavy atom. The van der Waals surface area contributed by atoms with Crippen LogP contribution in [0.4, 0.5) is 5.69 Å². The summed E-state index contributed by atoms with van der Waals surface area (Å²) in [6, 6.07) is 11.7. The number of hydrogen-bond acceptors (Lipinski definition) is 4. The number of aryl methyl sites for hydroxylation is 3. The number of halogens is 1. The predicted octanol–water partition coefficient (Wildman–Crippen LogP) is 5.33. The Bertz CT molecular complexity index is 1300. The van der Waals surface area contributed by atoms with Gasteiger partial charge in [-0.25, -0.2) is 0 Å². The summed E-state index contributed by atoms with van der Waals surface area (Å²) in [5, 5.41) is 12.1. The molecular formula is C24H26BrN5O2. The summed E-state index contributed by atoms with van der Waals surface area (Å²) in [6.45, 7) is 11.0. The number of benzene rings is 1. The molecule has 0 unspecified atom stereocenters. The van der Waals surface area contributed by atoms with Crippen molar-refractivity contribution in [2.24, 2.45) is 0 Å². The monoisotopic (exact) mass is 495 g/mol. The van der Waals surface area contributed by atoms with Gasteiger partial charge in [0.2, 0.25) is 0 Å². The average molecular weight is 496 g/mol. The number of aromatic nitrogens is 4. The Balaban J connectivity index is 1.49. The number of furan rings is 1. The van der Waals surface area contributed by atoms with Gasteiger partial charge in [0.05, 0.1) is 46.0 Å². The fourth-order valence-corrected chi connectivity index (χ4v) is 4.00. The molecule has 1 aromatic carbocycles. The molecule has 0 aliphatic rings. The maximum Gasteiger partial charge on any atom is 0.291 e. The molecule has 0 fully saturated rings. The first-order chi connectivity index (χ1) is 15.2. The van der Waals surface area contributed by atoms with Gasteiger partial charge in [-0.15, -0.1) is 0 Å². The molecule has 32 heavy (non-hydrogen) atoms. The molecule has 4 rings (SSSR count). The highest BCUT2D eigenvalue weighted by Crippen LogP contribution is 2.24. The van der Waals surface area contributed by atoms with Gasteiger partial charge in [-0.2, -0.15) is 10.2 Å². The van der Waals surface area contributed by atoms with Gasteiger partial charge in [-0.1, -0.05) is 24.3 Å². The molecule has 0 radical (unpaired) electrons. The highest BCUT2D eigenvalue weighted by atomic mass is 79.9. The lowest BCUT2D eigenvalue weighted by Gasteiger charge is -2.08. The van der Waals surface area contributed by atoms with E-state index in [-0.39, 0.29) is 11.7 Å². The zero-order chi connectivity index (χ0) is 23.0. The van der Waals surface area contributed by atoms with Crippen LogP contribution in [0.2, 0.25) is 0 Å². The van der Waals surface area contributed by atoms with Crippen LogP contribution in [0.3, 0.4) is 0 Å². The normalized spacial score (nSPS) is 11.2. The molecule has 1 amide bonds. The van der Waals surface area contributed by atoms with Crippen LogP contribution in [0, 0.1) is 34.6 Å². The summed E-state index contributed by atoms with van der Waals surface area (Å²) in [6.07, 6.45) is 0. The Morgan fingerprint density at radius 3 is 2.31 bits per heavy atom. The van der Waals surface area contributed by atoms with E-state index in [2.05, 4.69) is 50.5 Å². The molecule has 0 atom stereocenters. The summed E-state index contributed by atoms with van der Waals surface area (Å²) >= 11 is 3.53. The second-order valence-corrected chi connectivity index (χ2v) is 8.79. The van der Waals surface area contributed by atoms with Gasteiger partial charge in [0, 0.05) is 0 Å². The van der Waals surface area contributed by atoms with E-state index in [1.807, 2.05) is 49.2 Å². The Kier molecular flexibility index (Phi) is 6.06. The van der Waals surface area contributed by atoms with E-state index < -0.39 is 0 Å². The van der Waals surface area contributed by atoms with Crippen molar-refractivity contribution >= 4 is 27.5 Å². The number of carbonyl (C=O) groups is 1. The molecule has 4 aromatic rings. The minimum absolute atomic E-state index is 0.256. The number of hydrogen-bond donors (Lipinski definition) is 1. The van der Waals surface area contributed by atoms with Crippen molar-refractivity contribution in [3.05, 3.63) is 86.3 Å². The Hall–Kier alpha value is -3.13. The smallest absolute Gasteiger partial charge is 0.291 e. The van der Waals surface area contributed by atoms with E-state index in [0.29, 0.717) is 24.5 Å². The summed E-state index contributed by atoms with van der Waals surface area (Å²) < 4.78 is 10.6. The maximum atomic E-state index is 12.9. The van der Waals surface area contributed by atoms with Crippen LogP contribution in [0.25, 0.3) is 0 Å². The first kappa shape index (κ1) is 22.1. The third-order valence-electron chi connectivity index (χ3n) is 5.69. The number of anilines is 1. The van der Waals surface area contributed by atoms with Gasteiger partial charge in [0.1, 0.15) is 5.76 Å². The molecular weight excluding hydrogens is 470 g/mol. The van der Waals surface area contributed by atoms with Crippen molar-refractivity contribution in [1.29, 1.82) is 0 Å². The van der Waals surface area contributed by atoms with Crippen LogP contribution in [0.15, 0.2) is 45.3 Å². The highest BCUT2D eigenvalue weighted by Gasteiger charge is 2.19. The third-order valence-corrected chi connectivity index (χ3v) is 6.83. The van der Waals surface area contributed by atoms with Crippen LogP contribution in [0.1, 0.15) is 50.2 Å². The lowest BCUT2D eigenvalue weighted by atomic mass is 10.1. The molecule has 3 aromatic heterocycles. The lowest BCUT2D eigenvalue weighted by molar-refractivity contribution is 0.0994. The quantitative estimate of drug-likeness (QED) is 0.392. The van der Waals surface area contributed by atoms with Crippen molar-refractivity contribution in [1.82, 2.24) is 19.6 Å². The minimum Gasteiger partial charge on any atom is -0.454 e. The van der Waals surface area contributed by atoms with Crippen molar-refractivity contribution < 1.29 is 9.21 Å². The van der Waals surface area contributed by atoms with Gasteiger partial charge >= 0.3 is 0 Å². The van der Waals surface area contributed by atoms with Gasteiger partial charge in [0.15, 0.2) is 5.76 Å². The fraction of sp³-hybridized carbons (Fsp3) is 0.292. The van der Waals surface area contributed by atoms with E-state index in [4.69, 9.17) is 4.42 Å². The van der Waals surface area contributed by atoms with Gasteiger partial charge < -0.3 is 9.73 Å². The van der Waals surface area contributed by atoms with Gasteiger partial charge in [0.25, 0.3) is 5.91 Å². The topological polar surface area (TPSA) is 77.9 Å². The molecule has 0 aliphatic heterocycles. The van der Waals surface area contributed by atoms with Crippen LogP contribution >= 0.6 is 15.9 Å². The van der Waals surface area contributed by atoms with E-state index >= 15 is 0 Å². The number of amides is 1. The van der Waals surface area contributed by atoms with Crippen molar-refractivity contribution in [2.45, 2.75) is 47.7 Å². The number of nitrogens with one attached hydrogen (secondary N) is 1. The molecule has 1 N–H and O–H groups in total. The predicted molar refractivity (Wildman–Crippen MR) is 127 cm³/mol. The second kappa shape index (κ2) is 8.78. The molecule has 0 bridgehead atoms. The van der Waals surface area contributed by atoms with E-state index in [1.165, 1.54) is 11.1 Å². The highest BCUT2D eigenvalue weighted by molar-refractivity contribution is 9.10. The van der Waals surface area contributed by atoms with Gasteiger partial charge in [-0.3, -0.25) is 14.2 Å². The van der Waals surface area contributed by atoms with Crippen molar-refractivity contribution in [3.8, 4) is 0 Å². The molecule has 3 heterocycles. The van der Waals surface area contributed by atoms with Crippen molar-refractivity contribution in [3.63, 3.8) is 0 Å². The summed E-state index contributed by atoms with van der Waals surface area (Å²) in [5.41, 5.74) is 6.72. The van der Waals surface area contributed by atoms with E-state index in [0.717, 1.165) is 27.2 Å². The second-order valence-electron chi connectivity index (χ2n) is 7.99. The molecule has 8 heteroatoms. The summed E-state index contributed by atoms with van der Waals surface area (Å²) in [4.78, 5) is 12.9. The SMILES string of the molecule is Cc1ccccc1Cn1nc(C)c(NC(=O)c2ccc(Cn3nc(C)c(Br)c3C)o2)c1C. The molecule has 0 saturated heterocycles. The average Bonchev–Trinajstić information content (AvgIpc) is 3.40.